The lowest BCUT2D eigenvalue weighted by molar-refractivity contribution is 0.669. The van der Waals surface area contributed by atoms with Crippen LogP contribution in [0.15, 0.2) is 205 Å². The van der Waals surface area contributed by atoms with Gasteiger partial charge in [0, 0.05) is 21.9 Å². The molecule has 0 atom stereocenters. The molecule has 1 spiro atoms. The van der Waals surface area contributed by atoms with E-state index < -0.39 is 5.41 Å². The van der Waals surface area contributed by atoms with Gasteiger partial charge < -0.3 is 9.32 Å². The molecule has 9 aromatic carbocycles. The Morgan fingerprint density at radius 3 is 1.71 bits per heavy atom. The standard InChI is InChI=1S/C53H33NO/c1-2-16-35-33-36(32-31-34(35)15-1)37-17-6-11-27-47(37)54(49-29-13-22-41-40-20-7-12-30-50(40)55-52(41)49)48-28-14-26-46-51(48)42-21-5-10-25-45(42)53(46)43-23-8-3-18-38(43)39-19-4-9-24-44(39)53/h1-33H. The highest BCUT2D eigenvalue weighted by Crippen LogP contribution is 2.65. The first-order valence-electron chi connectivity index (χ1n) is 19.0. The quantitative estimate of drug-likeness (QED) is 0.182. The molecule has 1 aromatic heterocycles. The molecule has 0 radical (unpaired) electrons. The van der Waals surface area contributed by atoms with Crippen molar-refractivity contribution in [3.8, 4) is 33.4 Å². The van der Waals surface area contributed by atoms with Crippen LogP contribution in [0.1, 0.15) is 22.3 Å². The maximum atomic E-state index is 6.84. The van der Waals surface area contributed by atoms with Gasteiger partial charge in [-0.3, -0.25) is 0 Å². The number of para-hydroxylation sites is 3. The summed E-state index contributed by atoms with van der Waals surface area (Å²) in [6, 6.07) is 73.2. The highest BCUT2D eigenvalue weighted by atomic mass is 16.3. The Morgan fingerprint density at radius 1 is 0.364 bits per heavy atom. The van der Waals surface area contributed by atoms with Crippen LogP contribution in [0, 0.1) is 0 Å². The van der Waals surface area contributed by atoms with Gasteiger partial charge in [-0.05, 0) is 85.6 Å². The van der Waals surface area contributed by atoms with E-state index in [1.165, 1.54) is 60.8 Å². The number of furan rings is 1. The summed E-state index contributed by atoms with van der Waals surface area (Å²) in [6.45, 7) is 0. The van der Waals surface area contributed by atoms with Crippen LogP contribution < -0.4 is 4.90 Å². The number of hydrogen-bond donors (Lipinski definition) is 0. The molecule has 10 aromatic rings. The van der Waals surface area contributed by atoms with Crippen molar-refractivity contribution < 1.29 is 4.42 Å². The fourth-order valence-electron chi connectivity index (χ4n) is 9.88. The van der Waals surface area contributed by atoms with Gasteiger partial charge in [0.2, 0.25) is 0 Å². The maximum Gasteiger partial charge on any atom is 0.159 e. The average Bonchev–Trinajstić information content (AvgIpc) is 3.89. The fourth-order valence-corrected chi connectivity index (χ4v) is 9.88. The largest absolute Gasteiger partial charge is 0.454 e. The van der Waals surface area contributed by atoms with E-state index >= 15 is 0 Å². The Kier molecular flexibility index (Phi) is 6.29. The molecule has 0 fully saturated rings. The van der Waals surface area contributed by atoms with Gasteiger partial charge in [0.25, 0.3) is 0 Å². The Hall–Kier alpha value is -7.16. The Bertz CT molecular complexity index is 3140. The zero-order valence-corrected chi connectivity index (χ0v) is 29.9. The van der Waals surface area contributed by atoms with Crippen LogP contribution in [0.3, 0.4) is 0 Å². The average molecular weight is 700 g/mol. The third-order valence-electron chi connectivity index (χ3n) is 12.1. The molecule has 0 N–H and O–H groups in total. The number of fused-ring (bicyclic) bond motifs is 14. The number of rotatable bonds is 4. The van der Waals surface area contributed by atoms with E-state index in [4.69, 9.17) is 4.42 Å². The minimum Gasteiger partial charge on any atom is -0.454 e. The minimum absolute atomic E-state index is 0.454. The molecular weight excluding hydrogens is 667 g/mol. The van der Waals surface area contributed by atoms with E-state index in [1.54, 1.807) is 0 Å². The lowest BCUT2D eigenvalue weighted by Crippen LogP contribution is -2.26. The fraction of sp³-hybridized carbons (Fsp3) is 0.0189. The number of benzene rings is 9. The van der Waals surface area contributed by atoms with Crippen LogP contribution >= 0.6 is 0 Å². The SMILES string of the molecule is c1ccc(N(c2cccc3c2-c2ccccc2C32c3ccccc3-c3ccccc32)c2cccc3c2oc2ccccc23)c(-c2ccc3ccccc3c2)c1. The second-order valence-electron chi connectivity index (χ2n) is 14.8. The van der Waals surface area contributed by atoms with Crippen molar-refractivity contribution >= 4 is 49.8 Å². The zero-order valence-electron chi connectivity index (χ0n) is 29.9. The normalized spacial score (nSPS) is 13.2. The first-order chi connectivity index (χ1) is 27.3. The molecule has 12 rings (SSSR count). The molecule has 2 heteroatoms. The van der Waals surface area contributed by atoms with Gasteiger partial charge in [-0.15, -0.1) is 0 Å². The van der Waals surface area contributed by atoms with Crippen LogP contribution in [0.2, 0.25) is 0 Å². The molecule has 2 aliphatic carbocycles. The van der Waals surface area contributed by atoms with Crippen LogP contribution in [-0.4, -0.2) is 0 Å². The summed E-state index contributed by atoms with van der Waals surface area (Å²) >= 11 is 0. The number of hydrogen-bond acceptors (Lipinski definition) is 2. The molecular formula is C53H33NO. The van der Waals surface area contributed by atoms with Crippen molar-refractivity contribution in [1.29, 1.82) is 0 Å². The van der Waals surface area contributed by atoms with E-state index in [0.717, 1.165) is 44.6 Å². The molecule has 2 aliphatic rings. The summed E-state index contributed by atoms with van der Waals surface area (Å²) in [5.74, 6) is 0. The summed E-state index contributed by atoms with van der Waals surface area (Å²) in [6.07, 6.45) is 0. The molecule has 2 nitrogen and oxygen atoms in total. The predicted molar refractivity (Wildman–Crippen MR) is 228 cm³/mol. The highest BCUT2D eigenvalue weighted by Gasteiger charge is 2.52. The predicted octanol–water partition coefficient (Wildman–Crippen LogP) is 14.2. The molecule has 1 heterocycles. The van der Waals surface area contributed by atoms with Gasteiger partial charge >= 0.3 is 0 Å². The maximum absolute atomic E-state index is 6.84. The van der Waals surface area contributed by atoms with Gasteiger partial charge in [0.05, 0.1) is 22.5 Å². The molecule has 0 amide bonds. The van der Waals surface area contributed by atoms with E-state index in [2.05, 4.69) is 205 Å². The summed E-state index contributed by atoms with van der Waals surface area (Å²) in [5.41, 5.74) is 17.2. The summed E-state index contributed by atoms with van der Waals surface area (Å²) in [5, 5.41) is 4.66. The summed E-state index contributed by atoms with van der Waals surface area (Å²) < 4.78 is 6.84. The van der Waals surface area contributed by atoms with Crippen molar-refractivity contribution in [1.82, 2.24) is 0 Å². The third-order valence-corrected chi connectivity index (χ3v) is 12.1. The van der Waals surface area contributed by atoms with E-state index in [1.807, 2.05) is 0 Å². The van der Waals surface area contributed by atoms with Gasteiger partial charge in [-0.2, -0.15) is 0 Å². The number of nitrogens with zero attached hydrogens (tertiary/aromatic N) is 1. The monoisotopic (exact) mass is 699 g/mol. The lowest BCUT2D eigenvalue weighted by Gasteiger charge is -2.32. The topological polar surface area (TPSA) is 16.4 Å². The Morgan fingerprint density at radius 2 is 0.909 bits per heavy atom. The lowest BCUT2D eigenvalue weighted by atomic mass is 9.70. The van der Waals surface area contributed by atoms with E-state index in [-0.39, 0.29) is 0 Å². The molecule has 0 saturated carbocycles. The van der Waals surface area contributed by atoms with Crippen molar-refractivity contribution in [2.45, 2.75) is 5.41 Å². The smallest absolute Gasteiger partial charge is 0.159 e. The zero-order chi connectivity index (χ0) is 36.1. The second kappa shape index (κ2) is 11.4. The Labute approximate surface area is 319 Å². The van der Waals surface area contributed by atoms with Crippen molar-refractivity contribution in [3.05, 3.63) is 222 Å². The third kappa shape index (κ3) is 4.08. The van der Waals surface area contributed by atoms with Crippen LogP contribution in [0.25, 0.3) is 66.1 Å². The van der Waals surface area contributed by atoms with Gasteiger partial charge in [-0.1, -0.05) is 170 Å². The molecule has 256 valence electrons. The molecule has 0 bridgehead atoms. The van der Waals surface area contributed by atoms with Gasteiger partial charge in [0.15, 0.2) is 5.58 Å². The Balaban J connectivity index is 1.20. The second-order valence-corrected chi connectivity index (χ2v) is 14.8. The van der Waals surface area contributed by atoms with Crippen LogP contribution in [0.4, 0.5) is 17.1 Å². The van der Waals surface area contributed by atoms with Gasteiger partial charge in [0.1, 0.15) is 5.58 Å². The molecule has 0 aliphatic heterocycles. The van der Waals surface area contributed by atoms with Crippen LogP contribution in [0.5, 0.6) is 0 Å². The first kappa shape index (κ1) is 30.3. The number of anilines is 3. The van der Waals surface area contributed by atoms with Crippen molar-refractivity contribution in [2.75, 3.05) is 4.90 Å². The molecule has 0 unspecified atom stereocenters. The highest BCUT2D eigenvalue weighted by molar-refractivity contribution is 6.12. The summed E-state index contributed by atoms with van der Waals surface area (Å²) in [4.78, 5) is 2.47. The minimum atomic E-state index is -0.454. The summed E-state index contributed by atoms with van der Waals surface area (Å²) in [7, 11) is 0. The van der Waals surface area contributed by atoms with Gasteiger partial charge in [-0.25, -0.2) is 0 Å². The van der Waals surface area contributed by atoms with Crippen molar-refractivity contribution in [3.63, 3.8) is 0 Å². The van der Waals surface area contributed by atoms with Crippen molar-refractivity contribution in [2.24, 2.45) is 0 Å². The molecule has 55 heavy (non-hydrogen) atoms. The molecule has 0 saturated heterocycles. The first-order valence-corrected chi connectivity index (χ1v) is 19.0. The van der Waals surface area contributed by atoms with E-state index in [9.17, 15) is 0 Å². The van der Waals surface area contributed by atoms with E-state index in [0.29, 0.717) is 0 Å². The van der Waals surface area contributed by atoms with Crippen LogP contribution in [-0.2, 0) is 5.41 Å².